The zero-order valence-electron chi connectivity index (χ0n) is 9.80. The molecule has 0 unspecified atom stereocenters. The summed E-state index contributed by atoms with van der Waals surface area (Å²) in [6, 6.07) is 15.6. The Balaban J connectivity index is 2.20. The fourth-order valence-corrected chi connectivity index (χ4v) is 2.25. The van der Waals surface area contributed by atoms with Crippen LogP contribution in [0.1, 0.15) is 0 Å². The summed E-state index contributed by atoms with van der Waals surface area (Å²) in [4.78, 5) is 4.33. The molecule has 0 atom stereocenters. The molecule has 0 aliphatic rings. The number of para-hydroxylation sites is 2. The van der Waals surface area contributed by atoms with Gasteiger partial charge in [-0.05, 0) is 48.0 Å². The lowest BCUT2D eigenvalue weighted by Gasteiger charge is -2.06. The second kappa shape index (κ2) is 4.35. The van der Waals surface area contributed by atoms with Gasteiger partial charge in [0.15, 0.2) is 0 Å². The van der Waals surface area contributed by atoms with Crippen LogP contribution in [0.4, 0.5) is 0 Å². The Hall–Kier alpha value is -2.00. The van der Waals surface area contributed by atoms with E-state index < -0.39 is 0 Å². The van der Waals surface area contributed by atoms with Crippen LogP contribution in [0.3, 0.4) is 0 Å². The highest BCUT2D eigenvalue weighted by molar-refractivity contribution is 6.29. The van der Waals surface area contributed by atoms with Crippen LogP contribution < -0.4 is 4.74 Å². The van der Waals surface area contributed by atoms with Crippen LogP contribution >= 0.6 is 11.6 Å². The second-order valence-corrected chi connectivity index (χ2v) is 4.24. The third kappa shape index (κ3) is 1.73. The van der Waals surface area contributed by atoms with E-state index in [-0.39, 0.29) is 0 Å². The number of benzene rings is 2. The first-order valence-corrected chi connectivity index (χ1v) is 5.95. The molecule has 4 heteroatoms. The molecule has 0 fully saturated rings. The minimum Gasteiger partial charge on any atom is -0.497 e. The predicted octanol–water partition coefficient (Wildman–Crippen LogP) is 3.69. The number of methoxy groups -OCH3 is 1. The molecule has 90 valence electrons. The molecule has 0 amide bonds. The molecule has 3 rings (SSSR count). The minimum absolute atomic E-state index is 0.460. The fourth-order valence-electron chi connectivity index (χ4n) is 1.97. The molecule has 0 N–H and O–H groups in total. The molecule has 0 aliphatic heterocycles. The number of hydrogen-bond donors (Lipinski definition) is 0. The summed E-state index contributed by atoms with van der Waals surface area (Å²) < 4.78 is 7.06. The third-order valence-corrected chi connectivity index (χ3v) is 3.10. The molecule has 0 radical (unpaired) electrons. The summed E-state index contributed by atoms with van der Waals surface area (Å²) in [5, 5.41) is 0.460. The maximum Gasteiger partial charge on any atom is 0.208 e. The monoisotopic (exact) mass is 258 g/mol. The predicted molar refractivity (Wildman–Crippen MR) is 72.6 cm³/mol. The van der Waals surface area contributed by atoms with Crippen molar-refractivity contribution < 1.29 is 4.74 Å². The van der Waals surface area contributed by atoms with E-state index in [1.165, 1.54) is 0 Å². The van der Waals surface area contributed by atoms with Crippen LogP contribution in [-0.2, 0) is 0 Å². The van der Waals surface area contributed by atoms with Gasteiger partial charge in [-0.15, -0.1) is 0 Å². The Bertz CT molecular complexity index is 689. The van der Waals surface area contributed by atoms with E-state index in [1.807, 2.05) is 53.1 Å². The van der Waals surface area contributed by atoms with Crippen molar-refractivity contribution in [2.45, 2.75) is 0 Å². The second-order valence-electron chi connectivity index (χ2n) is 3.90. The average molecular weight is 259 g/mol. The maximum atomic E-state index is 6.20. The Labute approximate surface area is 110 Å². The van der Waals surface area contributed by atoms with E-state index >= 15 is 0 Å². The fraction of sp³-hybridized carbons (Fsp3) is 0.0714. The number of rotatable bonds is 2. The molecule has 1 aromatic heterocycles. The van der Waals surface area contributed by atoms with Gasteiger partial charge < -0.3 is 4.74 Å². The Morgan fingerprint density at radius 3 is 2.50 bits per heavy atom. The molecule has 0 saturated heterocycles. The van der Waals surface area contributed by atoms with Gasteiger partial charge in [-0.25, -0.2) is 4.98 Å². The average Bonchev–Trinajstić information content (AvgIpc) is 2.75. The third-order valence-electron chi connectivity index (χ3n) is 2.85. The smallest absolute Gasteiger partial charge is 0.208 e. The number of imidazole rings is 1. The van der Waals surface area contributed by atoms with Gasteiger partial charge in [0, 0.05) is 5.69 Å². The van der Waals surface area contributed by atoms with Gasteiger partial charge in [0.25, 0.3) is 0 Å². The first kappa shape index (κ1) is 11.1. The van der Waals surface area contributed by atoms with E-state index in [2.05, 4.69) is 4.98 Å². The summed E-state index contributed by atoms with van der Waals surface area (Å²) in [6.07, 6.45) is 0. The van der Waals surface area contributed by atoms with Gasteiger partial charge in [0.05, 0.1) is 18.1 Å². The molecule has 3 aromatic rings. The van der Waals surface area contributed by atoms with Gasteiger partial charge in [-0.1, -0.05) is 12.1 Å². The van der Waals surface area contributed by atoms with E-state index in [0.29, 0.717) is 5.28 Å². The summed E-state index contributed by atoms with van der Waals surface area (Å²) in [7, 11) is 1.65. The topological polar surface area (TPSA) is 27.1 Å². The highest BCUT2D eigenvalue weighted by Crippen LogP contribution is 2.25. The molecule has 0 aliphatic carbocycles. The lowest BCUT2D eigenvalue weighted by molar-refractivity contribution is 0.415. The molecule has 0 saturated carbocycles. The number of nitrogens with zero attached hydrogens (tertiary/aromatic N) is 2. The largest absolute Gasteiger partial charge is 0.497 e. The standard InChI is InChI=1S/C14H11ClN2O/c1-18-11-8-6-10(7-9-11)17-13-5-3-2-4-12(13)16-14(17)15/h2-9H,1H3. The lowest BCUT2D eigenvalue weighted by atomic mass is 10.2. The van der Waals surface area contributed by atoms with Crippen molar-refractivity contribution >= 4 is 22.6 Å². The lowest BCUT2D eigenvalue weighted by Crippen LogP contribution is -1.94. The van der Waals surface area contributed by atoms with Crippen LogP contribution in [0, 0.1) is 0 Å². The van der Waals surface area contributed by atoms with Crippen molar-refractivity contribution in [1.29, 1.82) is 0 Å². The summed E-state index contributed by atoms with van der Waals surface area (Å²) in [5.41, 5.74) is 2.85. The Morgan fingerprint density at radius 1 is 1.06 bits per heavy atom. The molecule has 3 nitrogen and oxygen atoms in total. The number of ether oxygens (including phenoxy) is 1. The van der Waals surface area contributed by atoms with Crippen molar-refractivity contribution in [2.75, 3.05) is 7.11 Å². The van der Waals surface area contributed by atoms with Crippen LogP contribution in [0.25, 0.3) is 16.7 Å². The van der Waals surface area contributed by atoms with Crippen LogP contribution in [0.2, 0.25) is 5.28 Å². The molecule has 0 spiro atoms. The van der Waals surface area contributed by atoms with Crippen LogP contribution in [0.5, 0.6) is 5.75 Å². The number of halogens is 1. The highest BCUT2D eigenvalue weighted by Gasteiger charge is 2.09. The number of hydrogen-bond acceptors (Lipinski definition) is 2. The van der Waals surface area contributed by atoms with Crippen LogP contribution in [0.15, 0.2) is 48.5 Å². The zero-order chi connectivity index (χ0) is 12.5. The van der Waals surface area contributed by atoms with E-state index in [9.17, 15) is 0 Å². The number of aromatic nitrogens is 2. The van der Waals surface area contributed by atoms with E-state index in [0.717, 1.165) is 22.5 Å². The van der Waals surface area contributed by atoms with Gasteiger partial charge in [0.1, 0.15) is 5.75 Å². The molecule has 0 bridgehead atoms. The van der Waals surface area contributed by atoms with E-state index in [4.69, 9.17) is 16.3 Å². The van der Waals surface area contributed by atoms with Gasteiger partial charge in [0.2, 0.25) is 5.28 Å². The minimum atomic E-state index is 0.460. The Kier molecular flexibility index (Phi) is 2.68. The summed E-state index contributed by atoms with van der Waals surface area (Å²) >= 11 is 6.20. The van der Waals surface area contributed by atoms with Crippen molar-refractivity contribution in [3.63, 3.8) is 0 Å². The van der Waals surface area contributed by atoms with Crippen molar-refractivity contribution in [1.82, 2.24) is 9.55 Å². The first-order valence-electron chi connectivity index (χ1n) is 5.57. The molecular formula is C14H11ClN2O. The summed E-state index contributed by atoms with van der Waals surface area (Å²) in [5.74, 6) is 0.819. The molecular weight excluding hydrogens is 248 g/mol. The molecule has 2 aromatic carbocycles. The quantitative estimate of drug-likeness (QED) is 0.701. The SMILES string of the molecule is COc1ccc(-n2c(Cl)nc3ccccc32)cc1. The van der Waals surface area contributed by atoms with Crippen LogP contribution in [-0.4, -0.2) is 16.7 Å². The highest BCUT2D eigenvalue weighted by atomic mass is 35.5. The molecule has 1 heterocycles. The van der Waals surface area contributed by atoms with Crippen molar-refractivity contribution in [3.8, 4) is 11.4 Å². The maximum absolute atomic E-state index is 6.20. The normalized spacial score (nSPS) is 10.8. The zero-order valence-corrected chi connectivity index (χ0v) is 10.6. The number of fused-ring (bicyclic) bond motifs is 1. The summed E-state index contributed by atoms with van der Waals surface area (Å²) in [6.45, 7) is 0. The first-order chi connectivity index (χ1) is 8.79. The van der Waals surface area contributed by atoms with Crippen molar-refractivity contribution in [2.24, 2.45) is 0 Å². The van der Waals surface area contributed by atoms with Gasteiger partial charge in [-0.2, -0.15) is 0 Å². The van der Waals surface area contributed by atoms with Gasteiger partial charge in [-0.3, -0.25) is 4.57 Å². The molecule has 18 heavy (non-hydrogen) atoms. The van der Waals surface area contributed by atoms with E-state index in [1.54, 1.807) is 7.11 Å². The van der Waals surface area contributed by atoms with Crippen molar-refractivity contribution in [3.05, 3.63) is 53.8 Å². The van der Waals surface area contributed by atoms with Gasteiger partial charge >= 0.3 is 0 Å². The Morgan fingerprint density at radius 2 is 1.78 bits per heavy atom.